The first-order valence-electron chi connectivity index (χ1n) is 9.18. The van der Waals surface area contributed by atoms with Gasteiger partial charge in [0.15, 0.2) is 33.2 Å². The van der Waals surface area contributed by atoms with Crippen LogP contribution in [-0.2, 0) is 9.47 Å². The maximum absolute atomic E-state index is 11.1. The number of hydrogen-bond acceptors (Lipinski definition) is 8. The van der Waals surface area contributed by atoms with Gasteiger partial charge in [0.25, 0.3) is 0 Å². The molecule has 0 amide bonds. The van der Waals surface area contributed by atoms with Crippen LogP contribution in [0.2, 0.25) is 0 Å². The van der Waals surface area contributed by atoms with Gasteiger partial charge in [0.05, 0.1) is 18.0 Å². The standard InChI is InChI=1S/C18H27N5O4Si/c1-17(2,3)13(25)12-11(27-18(4,5)6)10(24)16(26-12)23-8-21-9-14(22-28)19-7-20-15(9)23/h7-8,10-13,16,24-25H,1-6H3/t10-,11+,12+,13?,16-/m1/s1. The first kappa shape index (κ1) is 21.1. The minimum atomic E-state index is -1.03. The quantitative estimate of drug-likeness (QED) is 0.743. The molecular weight excluding hydrogens is 378 g/mol. The molecule has 1 unspecified atom stereocenters. The molecule has 0 bridgehead atoms. The van der Waals surface area contributed by atoms with Gasteiger partial charge in [-0.1, -0.05) is 20.8 Å². The van der Waals surface area contributed by atoms with E-state index >= 15 is 0 Å². The van der Waals surface area contributed by atoms with Crippen LogP contribution in [0, 0.1) is 5.41 Å². The highest BCUT2D eigenvalue weighted by atomic mass is 28.1. The van der Waals surface area contributed by atoms with Gasteiger partial charge in [0.1, 0.15) is 24.6 Å². The zero-order valence-electron chi connectivity index (χ0n) is 17.0. The van der Waals surface area contributed by atoms with E-state index in [2.05, 4.69) is 29.6 Å². The van der Waals surface area contributed by atoms with Gasteiger partial charge < -0.3 is 19.7 Å². The van der Waals surface area contributed by atoms with Crippen LogP contribution in [0.1, 0.15) is 47.8 Å². The van der Waals surface area contributed by atoms with Crippen molar-refractivity contribution >= 4 is 27.0 Å². The molecule has 1 saturated heterocycles. The molecule has 152 valence electrons. The van der Waals surface area contributed by atoms with E-state index in [4.69, 9.17) is 9.47 Å². The Labute approximate surface area is 167 Å². The molecule has 5 atom stereocenters. The monoisotopic (exact) mass is 405 g/mol. The number of aliphatic hydroxyl groups is 2. The minimum Gasteiger partial charge on any atom is -0.390 e. The number of ether oxygens (including phenoxy) is 2. The lowest BCUT2D eigenvalue weighted by atomic mass is 9.84. The lowest BCUT2D eigenvalue weighted by Crippen LogP contribution is -2.48. The van der Waals surface area contributed by atoms with Gasteiger partial charge >= 0.3 is 0 Å². The van der Waals surface area contributed by atoms with Crippen molar-refractivity contribution in [1.82, 2.24) is 19.5 Å². The molecule has 1 aliphatic rings. The third-order valence-electron chi connectivity index (χ3n) is 4.66. The Balaban J connectivity index is 2.02. The van der Waals surface area contributed by atoms with E-state index < -0.39 is 41.7 Å². The Bertz CT molecular complexity index is 860. The fourth-order valence-corrected chi connectivity index (χ4v) is 3.47. The third kappa shape index (κ3) is 3.92. The van der Waals surface area contributed by atoms with Crippen molar-refractivity contribution < 1.29 is 19.7 Å². The first-order valence-corrected chi connectivity index (χ1v) is 9.63. The summed E-state index contributed by atoms with van der Waals surface area (Å²) < 4.78 is 17.8. The van der Waals surface area contributed by atoms with Crippen molar-refractivity contribution in [1.29, 1.82) is 0 Å². The molecule has 2 aromatic heterocycles. The molecule has 3 heterocycles. The Morgan fingerprint density at radius 2 is 1.89 bits per heavy atom. The highest BCUT2D eigenvalue weighted by Gasteiger charge is 2.52. The number of nitrogens with zero attached hydrogens (tertiary/aromatic N) is 5. The molecule has 9 nitrogen and oxygen atoms in total. The molecule has 0 aliphatic carbocycles. The largest absolute Gasteiger partial charge is 0.390 e. The van der Waals surface area contributed by atoms with Crippen molar-refractivity contribution in [2.75, 3.05) is 0 Å². The molecule has 28 heavy (non-hydrogen) atoms. The van der Waals surface area contributed by atoms with E-state index in [0.717, 1.165) is 0 Å². The molecular formula is C18H27N5O4Si. The summed E-state index contributed by atoms with van der Waals surface area (Å²) in [5.74, 6) is 0.377. The summed E-state index contributed by atoms with van der Waals surface area (Å²) in [5, 5.41) is 22.0. The van der Waals surface area contributed by atoms with Gasteiger partial charge in [-0.3, -0.25) is 9.20 Å². The first-order chi connectivity index (χ1) is 12.9. The molecule has 1 aliphatic heterocycles. The van der Waals surface area contributed by atoms with Gasteiger partial charge in [0.2, 0.25) is 0 Å². The van der Waals surface area contributed by atoms with E-state index in [-0.39, 0.29) is 0 Å². The number of fused-ring (bicyclic) bond motifs is 1. The second-order valence-electron chi connectivity index (χ2n) is 9.12. The van der Waals surface area contributed by atoms with Crippen molar-refractivity contribution in [3.63, 3.8) is 0 Å². The fourth-order valence-electron chi connectivity index (χ4n) is 3.31. The Morgan fingerprint density at radius 1 is 1.21 bits per heavy atom. The molecule has 0 aromatic carbocycles. The van der Waals surface area contributed by atoms with Crippen LogP contribution < -0.4 is 0 Å². The second kappa shape index (κ2) is 7.34. The second-order valence-corrected chi connectivity index (χ2v) is 9.34. The molecule has 2 radical (unpaired) electrons. The van der Waals surface area contributed by atoms with E-state index in [1.807, 2.05) is 41.5 Å². The van der Waals surface area contributed by atoms with E-state index in [9.17, 15) is 10.2 Å². The van der Waals surface area contributed by atoms with Crippen LogP contribution in [0.15, 0.2) is 17.3 Å². The Morgan fingerprint density at radius 3 is 2.46 bits per heavy atom. The maximum atomic E-state index is 11.1. The van der Waals surface area contributed by atoms with Crippen LogP contribution in [-0.4, -0.2) is 69.8 Å². The molecule has 1 fully saturated rings. The summed E-state index contributed by atoms with van der Waals surface area (Å²) in [7, 11) is 3.08. The zero-order valence-corrected chi connectivity index (χ0v) is 18.0. The number of hydrogen-bond donors (Lipinski definition) is 2. The van der Waals surface area contributed by atoms with Gasteiger partial charge in [-0.05, 0) is 26.2 Å². The predicted octanol–water partition coefficient (Wildman–Crippen LogP) is 1.66. The highest BCUT2D eigenvalue weighted by Crippen LogP contribution is 2.40. The van der Waals surface area contributed by atoms with Crippen molar-refractivity contribution in [3.8, 4) is 0 Å². The van der Waals surface area contributed by atoms with E-state index in [0.29, 0.717) is 17.0 Å². The molecule has 2 aromatic rings. The predicted molar refractivity (Wildman–Crippen MR) is 103 cm³/mol. The number of aliphatic hydroxyl groups excluding tert-OH is 2. The number of aromatic nitrogens is 4. The highest BCUT2D eigenvalue weighted by molar-refractivity contribution is 5.96. The summed E-state index contributed by atoms with van der Waals surface area (Å²) in [4.78, 5) is 12.6. The lowest BCUT2D eigenvalue weighted by Gasteiger charge is -2.35. The minimum absolute atomic E-state index is 0.377. The average Bonchev–Trinajstić information content (AvgIpc) is 3.14. The summed E-state index contributed by atoms with van der Waals surface area (Å²) in [6.45, 7) is 11.4. The van der Waals surface area contributed by atoms with Crippen LogP contribution in [0.5, 0.6) is 0 Å². The van der Waals surface area contributed by atoms with E-state index in [1.165, 1.54) is 12.7 Å². The zero-order chi connectivity index (χ0) is 20.9. The van der Waals surface area contributed by atoms with Gasteiger partial charge in [0, 0.05) is 0 Å². The third-order valence-corrected chi connectivity index (χ3v) is 4.87. The molecule has 10 heteroatoms. The van der Waals surface area contributed by atoms with E-state index in [1.54, 1.807) is 4.57 Å². The van der Waals surface area contributed by atoms with Gasteiger partial charge in [-0.25, -0.2) is 15.0 Å². The van der Waals surface area contributed by atoms with Crippen LogP contribution in [0.3, 0.4) is 0 Å². The van der Waals surface area contributed by atoms with Crippen molar-refractivity contribution in [2.24, 2.45) is 10.0 Å². The maximum Gasteiger partial charge on any atom is 0.191 e. The molecule has 3 rings (SSSR count). The van der Waals surface area contributed by atoms with Crippen LogP contribution in [0.25, 0.3) is 11.2 Å². The number of rotatable bonds is 4. The summed E-state index contributed by atoms with van der Waals surface area (Å²) in [6.07, 6.45) is -1.26. The van der Waals surface area contributed by atoms with Crippen LogP contribution >= 0.6 is 0 Å². The van der Waals surface area contributed by atoms with Crippen molar-refractivity contribution in [2.45, 2.75) is 77.8 Å². The fraction of sp³-hybridized carbons (Fsp3) is 0.722. The van der Waals surface area contributed by atoms with Gasteiger partial charge in [-0.15, -0.1) is 0 Å². The average molecular weight is 406 g/mol. The summed E-state index contributed by atoms with van der Waals surface area (Å²) in [5.41, 5.74) is -0.0432. The Kier molecular flexibility index (Phi) is 5.54. The molecule has 2 N–H and O–H groups in total. The summed E-state index contributed by atoms with van der Waals surface area (Å²) in [6, 6.07) is 0. The van der Waals surface area contributed by atoms with Crippen molar-refractivity contribution in [3.05, 3.63) is 12.7 Å². The molecule has 0 spiro atoms. The topological polar surface area (TPSA) is 115 Å². The summed E-state index contributed by atoms with van der Waals surface area (Å²) >= 11 is 0. The van der Waals surface area contributed by atoms with Crippen LogP contribution in [0.4, 0.5) is 5.82 Å². The van der Waals surface area contributed by atoms with Gasteiger partial charge in [-0.2, -0.15) is 0 Å². The number of imidazole rings is 1. The molecule has 0 saturated carbocycles. The lowest BCUT2D eigenvalue weighted by molar-refractivity contribution is -0.153. The SMILES string of the molecule is CC(C)(C)O[C@H]1[C@@H](O)[C@H](n2cnc3c(N=[Si])ncnc32)O[C@@H]1C(O)C(C)(C)C. The smallest absolute Gasteiger partial charge is 0.191 e. The Hall–Kier alpha value is -1.59. The normalized spacial score (nSPS) is 27.3.